The van der Waals surface area contributed by atoms with Gasteiger partial charge in [0.15, 0.2) is 0 Å². The first kappa shape index (κ1) is 14.4. The number of nitro groups is 1. The van der Waals surface area contributed by atoms with Crippen LogP contribution in [0.5, 0.6) is 0 Å². The van der Waals surface area contributed by atoms with Crippen molar-refractivity contribution in [2.24, 2.45) is 0 Å². The zero-order chi connectivity index (χ0) is 13.7. The van der Waals surface area contributed by atoms with E-state index in [0.29, 0.717) is 11.7 Å². The predicted octanol–water partition coefficient (Wildman–Crippen LogP) is 2.87. The SMILES string of the molecule is CCC(C)N(C)Cc1ccc(NC)c([N+](=O)[O-])c1. The quantitative estimate of drug-likeness (QED) is 0.624. The minimum atomic E-state index is -0.349. The third-order valence-electron chi connectivity index (χ3n) is 3.30. The highest BCUT2D eigenvalue weighted by atomic mass is 16.6. The number of benzene rings is 1. The van der Waals surface area contributed by atoms with Crippen LogP contribution >= 0.6 is 0 Å². The van der Waals surface area contributed by atoms with Crippen molar-refractivity contribution in [3.8, 4) is 0 Å². The molecule has 0 saturated carbocycles. The predicted molar refractivity (Wildman–Crippen MR) is 73.9 cm³/mol. The molecule has 1 N–H and O–H groups in total. The molecule has 1 unspecified atom stereocenters. The first-order chi connectivity index (χ1) is 8.49. The summed E-state index contributed by atoms with van der Waals surface area (Å²) in [5, 5.41) is 13.8. The highest BCUT2D eigenvalue weighted by Gasteiger charge is 2.15. The van der Waals surface area contributed by atoms with Crippen molar-refractivity contribution in [1.29, 1.82) is 0 Å². The summed E-state index contributed by atoms with van der Waals surface area (Å²) in [6, 6.07) is 5.80. The maximum absolute atomic E-state index is 11.0. The molecule has 0 aliphatic carbocycles. The number of hydrogen-bond acceptors (Lipinski definition) is 4. The van der Waals surface area contributed by atoms with E-state index in [-0.39, 0.29) is 10.6 Å². The van der Waals surface area contributed by atoms with Gasteiger partial charge in [-0.3, -0.25) is 15.0 Å². The van der Waals surface area contributed by atoms with Crippen LogP contribution in [0.15, 0.2) is 18.2 Å². The summed E-state index contributed by atoms with van der Waals surface area (Å²) in [5.41, 5.74) is 1.64. The van der Waals surface area contributed by atoms with E-state index in [0.717, 1.165) is 18.5 Å². The molecule has 1 aromatic rings. The molecule has 5 nitrogen and oxygen atoms in total. The van der Waals surface area contributed by atoms with Crippen LogP contribution in [-0.2, 0) is 6.54 Å². The van der Waals surface area contributed by atoms with Crippen LogP contribution in [0.3, 0.4) is 0 Å². The third kappa shape index (κ3) is 3.43. The Labute approximate surface area is 108 Å². The van der Waals surface area contributed by atoms with E-state index in [1.807, 2.05) is 13.1 Å². The number of nitro benzene ring substituents is 1. The maximum atomic E-state index is 11.0. The second-order valence-electron chi connectivity index (χ2n) is 4.53. The summed E-state index contributed by atoms with van der Waals surface area (Å²) in [7, 11) is 3.72. The number of hydrogen-bond donors (Lipinski definition) is 1. The monoisotopic (exact) mass is 251 g/mol. The van der Waals surface area contributed by atoms with E-state index in [1.54, 1.807) is 19.2 Å². The molecule has 0 radical (unpaired) electrons. The van der Waals surface area contributed by atoms with Gasteiger partial charge < -0.3 is 5.32 Å². The van der Waals surface area contributed by atoms with Gasteiger partial charge in [0.05, 0.1) is 4.92 Å². The molecule has 1 rings (SSSR count). The second-order valence-corrected chi connectivity index (χ2v) is 4.53. The third-order valence-corrected chi connectivity index (χ3v) is 3.30. The fourth-order valence-corrected chi connectivity index (χ4v) is 1.79. The van der Waals surface area contributed by atoms with Crippen molar-refractivity contribution in [3.63, 3.8) is 0 Å². The lowest BCUT2D eigenvalue weighted by Gasteiger charge is -2.23. The van der Waals surface area contributed by atoms with Crippen molar-refractivity contribution in [2.75, 3.05) is 19.4 Å². The molecule has 5 heteroatoms. The summed E-state index contributed by atoms with van der Waals surface area (Å²) >= 11 is 0. The van der Waals surface area contributed by atoms with Crippen molar-refractivity contribution >= 4 is 11.4 Å². The molecule has 1 aromatic carbocycles. The van der Waals surface area contributed by atoms with Gasteiger partial charge in [-0.1, -0.05) is 13.0 Å². The van der Waals surface area contributed by atoms with Gasteiger partial charge in [-0.2, -0.15) is 0 Å². The van der Waals surface area contributed by atoms with Gasteiger partial charge in [0, 0.05) is 25.7 Å². The molecule has 0 saturated heterocycles. The fraction of sp³-hybridized carbons (Fsp3) is 0.538. The van der Waals surface area contributed by atoms with Crippen LogP contribution in [0.4, 0.5) is 11.4 Å². The number of rotatable bonds is 6. The van der Waals surface area contributed by atoms with Crippen molar-refractivity contribution in [2.45, 2.75) is 32.9 Å². The Morgan fingerprint density at radius 3 is 2.67 bits per heavy atom. The minimum absolute atomic E-state index is 0.132. The molecule has 0 heterocycles. The first-order valence-electron chi connectivity index (χ1n) is 6.14. The lowest BCUT2D eigenvalue weighted by molar-refractivity contribution is -0.384. The van der Waals surface area contributed by atoms with Gasteiger partial charge in [0.1, 0.15) is 5.69 Å². The molecule has 18 heavy (non-hydrogen) atoms. The van der Waals surface area contributed by atoms with Crippen molar-refractivity contribution in [1.82, 2.24) is 4.90 Å². The van der Waals surface area contributed by atoms with Gasteiger partial charge in [0.2, 0.25) is 0 Å². The first-order valence-corrected chi connectivity index (χ1v) is 6.14. The van der Waals surface area contributed by atoms with Gasteiger partial charge in [-0.25, -0.2) is 0 Å². The lowest BCUT2D eigenvalue weighted by Crippen LogP contribution is -2.27. The van der Waals surface area contributed by atoms with E-state index in [9.17, 15) is 10.1 Å². The molecule has 0 fully saturated rings. The Bertz CT molecular complexity index is 421. The van der Waals surface area contributed by atoms with E-state index in [2.05, 4.69) is 24.1 Å². The Kier molecular flexibility index (Phi) is 5.09. The van der Waals surface area contributed by atoms with E-state index in [4.69, 9.17) is 0 Å². The molecular formula is C13H21N3O2. The van der Waals surface area contributed by atoms with Crippen LogP contribution in [0.25, 0.3) is 0 Å². The zero-order valence-electron chi connectivity index (χ0n) is 11.4. The summed E-state index contributed by atoms with van der Waals surface area (Å²) in [5.74, 6) is 0. The summed E-state index contributed by atoms with van der Waals surface area (Å²) in [6.45, 7) is 5.00. The molecule has 100 valence electrons. The number of anilines is 1. The molecule has 0 spiro atoms. The van der Waals surface area contributed by atoms with Crippen molar-refractivity contribution < 1.29 is 4.92 Å². The summed E-state index contributed by atoms with van der Waals surface area (Å²) in [4.78, 5) is 12.8. The Balaban J connectivity index is 2.91. The summed E-state index contributed by atoms with van der Waals surface area (Å²) in [6.07, 6.45) is 1.06. The van der Waals surface area contributed by atoms with Gasteiger partial charge in [-0.15, -0.1) is 0 Å². The highest BCUT2D eigenvalue weighted by molar-refractivity contribution is 5.62. The molecule has 0 aliphatic rings. The van der Waals surface area contributed by atoms with Crippen LogP contribution in [0, 0.1) is 10.1 Å². The van der Waals surface area contributed by atoms with Gasteiger partial charge in [-0.05, 0) is 32.0 Å². The van der Waals surface area contributed by atoms with Crippen LogP contribution in [0.2, 0.25) is 0 Å². The van der Waals surface area contributed by atoms with Crippen LogP contribution in [0.1, 0.15) is 25.8 Å². The van der Waals surface area contributed by atoms with E-state index < -0.39 is 0 Å². The molecular weight excluding hydrogens is 230 g/mol. The average Bonchev–Trinajstić information content (AvgIpc) is 2.37. The number of nitrogens with one attached hydrogen (secondary N) is 1. The van der Waals surface area contributed by atoms with Gasteiger partial charge in [0.25, 0.3) is 5.69 Å². The highest BCUT2D eigenvalue weighted by Crippen LogP contribution is 2.25. The largest absolute Gasteiger partial charge is 0.383 e. The Morgan fingerprint density at radius 1 is 1.50 bits per heavy atom. The zero-order valence-corrected chi connectivity index (χ0v) is 11.4. The molecule has 0 aromatic heterocycles. The average molecular weight is 251 g/mol. The molecule has 0 amide bonds. The Morgan fingerprint density at radius 2 is 2.17 bits per heavy atom. The Hall–Kier alpha value is -1.62. The summed E-state index contributed by atoms with van der Waals surface area (Å²) < 4.78 is 0. The fourth-order valence-electron chi connectivity index (χ4n) is 1.79. The smallest absolute Gasteiger partial charge is 0.292 e. The van der Waals surface area contributed by atoms with Crippen LogP contribution < -0.4 is 5.32 Å². The molecule has 0 bridgehead atoms. The van der Waals surface area contributed by atoms with Crippen molar-refractivity contribution in [3.05, 3.63) is 33.9 Å². The van der Waals surface area contributed by atoms with E-state index >= 15 is 0 Å². The van der Waals surface area contributed by atoms with E-state index in [1.165, 1.54) is 0 Å². The molecule has 0 aliphatic heterocycles. The normalized spacial score (nSPS) is 12.5. The number of nitrogens with zero attached hydrogens (tertiary/aromatic N) is 2. The lowest BCUT2D eigenvalue weighted by atomic mass is 10.1. The standard InChI is InChI=1S/C13H21N3O2/c1-5-10(2)15(4)9-11-6-7-12(14-3)13(8-11)16(17)18/h6-8,10,14H,5,9H2,1-4H3. The topological polar surface area (TPSA) is 58.4 Å². The maximum Gasteiger partial charge on any atom is 0.292 e. The minimum Gasteiger partial charge on any atom is -0.383 e. The van der Waals surface area contributed by atoms with Crippen LogP contribution in [-0.4, -0.2) is 30.0 Å². The van der Waals surface area contributed by atoms with Gasteiger partial charge >= 0.3 is 0 Å². The second kappa shape index (κ2) is 6.35. The molecule has 1 atom stereocenters.